The summed E-state index contributed by atoms with van der Waals surface area (Å²) in [4.78, 5) is 17.6. The predicted octanol–water partition coefficient (Wildman–Crippen LogP) is 3.32. The van der Waals surface area contributed by atoms with Crippen LogP contribution < -0.4 is 5.56 Å². The molecule has 2 aromatic heterocycles. The predicted molar refractivity (Wildman–Crippen MR) is 98.9 cm³/mol. The Labute approximate surface area is 149 Å². The Morgan fingerprint density at radius 3 is 2.69 bits per heavy atom. The molecule has 5 nitrogen and oxygen atoms in total. The molecule has 1 aliphatic rings. The number of imidazole rings is 1. The van der Waals surface area contributed by atoms with Gasteiger partial charge in [0.15, 0.2) is 0 Å². The molecule has 3 aromatic rings. The van der Waals surface area contributed by atoms with Crippen LogP contribution in [0.2, 0.25) is 0 Å². The van der Waals surface area contributed by atoms with Gasteiger partial charge in [-0.15, -0.1) is 0 Å². The lowest BCUT2D eigenvalue weighted by molar-refractivity contribution is 0.0915. The third-order valence-corrected chi connectivity index (χ3v) is 4.86. The molecule has 0 saturated carbocycles. The minimum Gasteiger partial charge on any atom is -0.385 e. The molecule has 0 aliphatic heterocycles. The van der Waals surface area contributed by atoms with E-state index in [0.717, 1.165) is 11.0 Å². The third kappa shape index (κ3) is 2.57. The van der Waals surface area contributed by atoms with Crippen molar-refractivity contribution in [1.29, 1.82) is 0 Å². The van der Waals surface area contributed by atoms with Gasteiger partial charge in [0.25, 0.3) is 5.56 Å². The SMILES string of the molecule is CC(C)n1c(=O)c2c(CC3(O)C=CC(F)=CC3)ncn2c2ccccc21. The van der Waals surface area contributed by atoms with E-state index in [-0.39, 0.29) is 30.3 Å². The molecule has 4 rings (SSSR count). The third-order valence-electron chi connectivity index (χ3n) is 4.86. The van der Waals surface area contributed by atoms with Gasteiger partial charge in [0.1, 0.15) is 17.7 Å². The lowest BCUT2D eigenvalue weighted by Gasteiger charge is -2.24. The van der Waals surface area contributed by atoms with Gasteiger partial charge in [0.2, 0.25) is 0 Å². The minimum atomic E-state index is -1.24. The highest BCUT2D eigenvalue weighted by Gasteiger charge is 2.29. The van der Waals surface area contributed by atoms with Crippen molar-refractivity contribution < 1.29 is 9.50 Å². The molecule has 0 fully saturated rings. The first-order chi connectivity index (χ1) is 12.4. The Balaban J connectivity index is 1.94. The second-order valence-corrected chi connectivity index (χ2v) is 7.07. The highest BCUT2D eigenvalue weighted by molar-refractivity contribution is 5.79. The summed E-state index contributed by atoms with van der Waals surface area (Å²) in [6, 6.07) is 7.66. The first-order valence-corrected chi connectivity index (χ1v) is 8.66. The molecule has 1 atom stereocenters. The molecule has 0 spiro atoms. The van der Waals surface area contributed by atoms with E-state index in [1.165, 1.54) is 18.2 Å². The number of allylic oxidation sites excluding steroid dienone is 2. The van der Waals surface area contributed by atoms with Crippen LogP contribution in [0.3, 0.4) is 0 Å². The number of aromatic nitrogens is 3. The molecule has 134 valence electrons. The summed E-state index contributed by atoms with van der Waals surface area (Å²) in [7, 11) is 0. The lowest BCUT2D eigenvalue weighted by Crippen LogP contribution is -2.31. The van der Waals surface area contributed by atoms with Crippen LogP contribution in [-0.2, 0) is 6.42 Å². The number of benzene rings is 1. The van der Waals surface area contributed by atoms with E-state index < -0.39 is 5.60 Å². The van der Waals surface area contributed by atoms with E-state index in [1.54, 1.807) is 15.3 Å². The van der Waals surface area contributed by atoms with Crippen LogP contribution in [0, 0.1) is 0 Å². The number of fused-ring (bicyclic) bond motifs is 3. The fraction of sp³-hybridized carbons (Fsp3) is 0.300. The van der Waals surface area contributed by atoms with Crippen molar-refractivity contribution in [3.63, 3.8) is 0 Å². The van der Waals surface area contributed by atoms with Crippen LogP contribution in [0.4, 0.5) is 4.39 Å². The van der Waals surface area contributed by atoms with Gasteiger partial charge in [-0.1, -0.05) is 12.1 Å². The molecule has 0 amide bonds. The normalized spacial score (nSPS) is 20.3. The minimum absolute atomic E-state index is 0.0187. The van der Waals surface area contributed by atoms with Gasteiger partial charge in [-0.25, -0.2) is 9.37 Å². The Morgan fingerprint density at radius 2 is 2.04 bits per heavy atom. The molecule has 1 aliphatic carbocycles. The Morgan fingerprint density at radius 1 is 1.31 bits per heavy atom. The van der Waals surface area contributed by atoms with E-state index >= 15 is 0 Å². The highest BCUT2D eigenvalue weighted by atomic mass is 19.1. The molecule has 2 heterocycles. The average molecular weight is 353 g/mol. The fourth-order valence-corrected chi connectivity index (χ4v) is 3.60. The zero-order valence-electron chi connectivity index (χ0n) is 14.7. The van der Waals surface area contributed by atoms with Gasteiger partial charge in [-0.05, 0) is 44.2 Å². The van der Waals surface area contributed by atoms with Crippen molar-refractivity contribution in [2.24, 2.45) is 0 Å². The summed E-state index contributed by atoms with van der Waals surface area (Å²) >= 11 is 0. The second-order valence-electron chi connectivity index (χ2n) is 7.07. The van der Waals surface area contributed by atoms with Crippen molar-refractivity contribution in [3.05, 3.63) is 70.7 Å². The number of rotatable bonds is 3. The lowest BCUT2D eigenvalue weighted by atomic mass is 9.90. The smallest absolute Gasteiger partial charge is 0.277 e. The van der Waals surface area contributed by atoms with Gasteiger partial charge < -0.3 is 9.67 Å². The van der Waals surface area contributed by atoms with E-state index in [4.69, 9.17) is 0 Å². The Kier molecular flexibility index (Phi) is 3.80. The molecule has 6 heteroatoms. The van der Waals surface area contributed by atoms with Crippen LogP contribution in [0.15, 0.2) is 59.4 Å². The van der Waals surface area contributed by atoms with Gasteiger partial charge in [0.05, 0.1) is 22.3 Å². The Bertz CT molecular complexity index is 1120. The standard InChI is InChI=1S/C20H20FN3O2/c1-13(2)24-17-6-4-3-5-16(17)23-12-22-15(18(23)19(24)25)11-20(26)9-7-14(21)8-10-20/h3-9,12-13,26H,10-11H2,1-2H3. The molecular formula is C20H20FN3O2. The van der Waals surface area contributed by atoms with Crippen molar-refractivity contribution in [1.82, 2.24) is 14.0 Å². The molecule has 1 aromatic carbocycles. The average Bonchev–Trinajstić information content (AvgIpc) is 3.02. The Hall–Kier alpha value is -2.73. The number of para-hydroxylation sites is 2. The zero-order chi connectivity index (χ0) is 18.5. The summed E-state index contributed by atoms with van der Waals surface area (Å²) in [5.74, 6) is -0.363. The molecule has 26 heavy (non-hydrogen) atoms. The summed E-state index contributed by atoms with van der Waals surface area (Å²) < 4.78 is 16.8. The zero-order valence-corrected chi connectivity index (χ0v) is 14.7. The van der Waals surface area contributed by atoms with Crippen LogP contribution in [0.5, 0.6) is 0 Å². The summed E-state index contributed by atoms with van der Waals surface area (Å²) in [6.07, 6.45) is 5.96. The van der Waals surface area contributed by atoms with Crippen molar-refractivity contribution >= 4 is 16.6 Å². The second kappa shape index (κ2) is 5.92. The molecule has 0 saturated heterocycles. The number of hydrogen-bond acceptors (Lipinski definition) is 3. The van der Waals surface area contributed by atoms with E-state index in [1.807, 2.05) is 38.1 Å². The summed E-state index contributed by atoms with van der Waals surface area (Å²) in [5.41, 5.74) is 1.30. The van der Waals surface area contributed by atoms with Crippen LogP contribution in [0.1, 0.15) is 32.0 Å². The number of halogens is 1. The van der Waals surface area contributed by atoms with E-state index in [0.29, 0.717) is 11.2 Å². The fourth-order valence-electron chi connectivity index (χ4n) is 3.60. The van der Waals surface area contributed by atoms with Crippen molar-refractivity contribution in [2.75, 3.05) is 0 Å². The van der Waals surface area contributed by atoms with Crippen molar-refractivity contribution in [2.45, 2.75) is 38.3 Å². The van der Waals surface area contributed by atoms with Gasteiger partial charge in [-0.2, -0.15) is 0 Å². The van der Waals surface area contributed by atoms with Crippen molar-refractivity contribution in [3.8, 4) is 0 Å². The van der Waals surface area contributed by atoms with E-state index in [9.17, 15) is 14.3 Å². The first-order valence-electron chi connectivity index (χ1n) is 8.66. The largest absolute Gasteiger partial charge is 0.385 e. The maximum atomic E-state index is 13.2. The van der Waals surface area contributed by atoms with Crippen LogP contribution >= 0.6 is 0 Å². The first kappa shape index (κ1) is 16.7. The molecule has 1 unspecified atom stereocenters. The summed E-state index contributed by atoms with van der Waals surface area (Å²) in [5, 5.41) is 10.7. The topological polar surface area (TPSA) is 59.5 Å². The maximum Gasteiger partial charge on any atom is 0.277 e. The van der Waals surface area contributed by atoms with Crippen LogP contribution in [-0.4, -0.2) is 24.7 Å². The van der Waals surface area contributed by atoms with E-state index in [2.05, 4.69) is 4.98 Å². The quantitative estimate of drug-likeness (QED) is 0.786. The van der Waals surface area contributed by atoms with Gasteiger partial charge >= 0.3 is 0 Å². The monoisotopic (exact) mass is 353 g/mol. The number of aliphatic hydroxyl groups is 1. The number of hydrogen-bond donors (Lipinski definition) is 1. The molecule has 0 radical (unpaired) electrons. The van der Waals surface area contributed by atoms with Gasteiger partial charge in [-0.3, -0.25) is 9.20 Å². The highest BCUT2D eigenvalue weighted by Crippen LogP contribution is 2.27. The maximum absolute atomic E-state index is 13.2. The van der Waals surface area contributed by atoms with Crippen LogP contribution in [0.25, 0.3) is 16.6 Å². The molecular weight excluding hydrogens is 333 g/mol. The summed E-state index contributed by atoms with van der Waals surface area (Å²) in [6.45, 7) is 3.93. The molecule has 0 bridgehead atoms. The molecule has 1 N–H and O–H groups in total. The van der Waals surface area contributed by atoms with Gasteiger partial charge in [0, 0.05) is 18.9 Å². The number of nitrogens with zero attached hydrogens (tertiary/aromatic N) is 3.